The van der Waals surface area contributed by atoms with Crippen LogP contribution in [0.15, 0.2) is 46.0 Å². The lowest BCUT2D eigenvalue weighted by Gasteiger charge is -2.16. The Bertz CT molecular complexity index is 1200. The van der Waals surface area contributed by atoms with E-state index < -0.39 is 21.8 Å². The average Bonchev–Trinajstić information content (AvgIpc) is 3.24. The normalized spacial score (nSPS) is 16.2. The van der Waals surface area contributed by atoms with Gasteiger partial charge in [0.15, 0.2) is 5.03 Å². The first-order valence-corrected chi connectivity index (χ1v) is 11.0. The molecule has 1 aromatic carbocycles. The van der Waals surface area contributed by atoms with Crippen LogP contribution in [0.25, 0.3) is 5.65 Å². The third kappa shape index (κ3) is 3.08. The molecular formula is C19H18BrN3O4S. The number of pyridine rings is 1. The Labute approximate surface area is 170 Å². The van der Waals surface area contributed by atoms with Crippen molar-refractivity contribution in [1.82, 2.24) is 14.1 Å². The maximum Gasteiger partial charge on any atom is 0.280 e. The summed E-state index contributed by atoms with van der Waals surface area (Å²) < 4.78 is 35.9. The van der Waals surface area contributed by atoms with Crippen molar-refractivity contribution >= 4 is 37.5 Å². The molecule has 1 N–H and O–H groups in total. The van der Waals surface area contributed by atoms with Gasteiger partial charge < -0.3 is 4.74 Å². The number of hydrogen-bond acceptors (Lipinski definition) is 5. The van der Waals surface area contributed by atoms with Crippen LogP contribution in [0.4, 0.5) is 0 Å². The first-order valence-electron chi connectivity index (χ1n) is 8.68. The van der Waals surface area contributed by atoms with Gasteiger partial charge >= 0.3 is 0 Å². The summed E-state index contributed by atoms with van der Waals surface area (Å²) in [6.45, 7) is 1.78. The number of carbonyl (C=O) groups excluding carboxylic acids is 1. The molecule has 0 bridgehead atoms. The van der Waals surface area contributed by atoms with Crippen molar-refractivity contribution in [2.45, 2.75) is 30.7 Å². The van der Waals surface area contributed by atoms with Gasteiger partial charge in [-0.1, -0.05) is 22.0 Å². The second-order valence-corrected chi connectivity index (χ2v) is 9.16. The number of hydrogen-bond donors (Lipinski definition) is 1. The zero-order chi connectivity index (χ0) is 20.1. The first-order chi connectivity index (χ1) is 13.3. The molecule has 146 valence electrons. The molecule has 0 aliphatic heterocycles. The Balaban J connectivity index is 1.69. The first kappa shape index (κ1) is 18.9. The Kier molecular flexibility index (Phi) is 4.67. The van der Waals surface area contributed by atoms with Crippen molar-refractivity contribution in [3.63, 3.8) is 0 Å². The average molecular weight is 464 g/mol. The van der Waals surface area contributed by atoms with Crippen molar-refractivity contribution in [3.8, 4) is 5.75 Å². The number of aryl methyl sites for hydroxylation is 1. The zero-order valence-corrected chi connectivity index (χ0v) is 17.7. The smallest absolute Gasteiger partial charge is 0.280 e. The van der Waals surface area contributed by atoms with E-state index in [1.165, 1.54) is 17.6 Å². The number of halogens is 1. The zero-order valence-electron chi connectivity index (χ0n) is 15.3. The van der Waals surface area contributed by atoms with E-state index in [1.807, 2.05) is 6.07 Å². The SMILES string of the molecule is COc1ccc(Br)c2c1C(C(=O)NS(=O)(=O)c1cccc3nc(C)cn13)CC2. The second kappa shape index (κ2) is 6.89. The van der Waals surface area contributed by atoms with Gasteiger partial charge in [0.2, 0.25) is 5.91 Å². The number of methoxy groups -OCH3 is 1. The van der Waals surface area contributed by atoms with Crippen LogP contribution < -0.4 is 9.46 Å². The fourth-order valence-corrected chi connectivity index (χ4v) is 5.43. The molecule has 0 fully saturated rings. The van der Waals surface area contributed by atoms with Crippen molar-refractivity contribution in [1.29, 1.82) is 0 Å². The molecule has 0 spiro atoms. The number of aromatic nitrogens is 2. The van der Waals surface area contributed by atoms with Gasteiger partial charge in [-0.2, -0.15) is 8.42 Å². The molecule has 1 atom stereocenters. The summed E-state index contributed by atoms with van der Waals surface area (Å²) in [5.74, 6) is -0.578. The van der Waals surface area contributed by atoms with Gasteiger partial charge in [-0.25, -0.2) is 9.71 Å². The number of imidazole rings is 1. The monoisotopic (exact) mass is 463 g/mol. The second-order valence-electron chi connectivity index (χ2n) is 6.68. The van der Waals surface area contributed by atoms with Crippen LogP contribution in [0.5, 0.6) is 5.75 Å². The van der Waals surface area contributed by atoms with Crippen molar-refractivity contribution in [2.24, 2.45) is 0 Å². The molecular weight excluding hydrogens is 446 g/mol. The molecule has 3 aromatic rings. The highest BCUT2D eigenvalue weighted by atomic mass is 79.9. The maximum absolute atomic E-state index is 12.9. The summed E-state index contributed by atoms with van der Waals surface area (Å²) >= 11 is 3.50. The van der Waals surface area contributed by atoms with Crippen molar-refractivity contribution in [3.05, 3.63) is 57.8 Å². The van der Waals surface area contributed by atoms with E-state index in [4.69, 9.17) is 4.74 Å². The quantitative estimate of drug-likeness (QED) is 0.642. The lowest BCUT2D eigenvalue weighted by atomic mass is 10.00. The summed E-state index contributed by atoms with van der Waals surface area (Å²) in [6.07, 6.45) is 2.81. The number of carbonyl (C=O) groups is 1. The molecule has 2 heterocycles. The third-order valence-corrected chi connectivity index (χ3v) is 7.01. The number of benzene rings is 1. The van der Waals surface area contributed by atoms with E-state index in [1.54, 1.807) is 31.3 Å². The predicted octanol–water partition coefficient (Wildman–Crippen LogP) is 2.95. The van der Waals surface area contributed by atoms with Gasteiger partial charge in [-0.15, -0.1) is 0 Å². The maximum atomic E-state index is 12.9. The molecule has 0 saturated carbocycles. The highest BCUT2D eigenvalue weighted by Gasteiger charge is 2.35. The summed E-state index contributed by atoms with van der Waals surface area (Å²) in [5.41, 5.74) is 2.91. The summed E-state index contributed by atoms with van der Waals surface area (Å²) in [4.78, 5) is 17.2. The third-order valence-electron chi connectivity index (χ3n) is 4.91. The predicted molar refractivity (Wildman–Crippen MR) is 107 cm³/mol. The summed E-state index contributed by atoms with van der Waals surface area (Å²) in [6, 6.07) is 8.41. The van der Waals surface area contributed by atoms with Crippen molar-refractivity contribution < 1.29 is 17.9 Å². The molecule has 1 unspecified atom stereocenters. The molecule has 28 heavy (non-hydrogen) atoms. The molecule has 1 aliphatic rings. The molecule has 0 saturated heterocycles. The fourth-order valence-electron chi connectivity index (χ4n) is 3.71. The highest BCUT2D eigenvalue weighted by Crippen LogP contribution is 2.43. The van der Waals surface area contributed by atoms with Gasteiger partial charge in [-0.3, -0.25) is 9.20 Å². The number of nitrogens with one attached hydrogen (secondary N) is 1. The van der Waals surface area contributed by atoms with Gasteiger partial charge in [0.25, 0.3) is 10.0 Å². The van der Waals surface area contributed by atoms with Crippen LogP contribution in [0, 0.1) is 6.92 Å². The minimum Gasteiger partial charge on any atom is -0.496 e. The molecule has 7 nitrogen and oxygen atoms in total. The van der Waals surface area contributed by atoms with Crippen LogP contribution in [0.1, 0.15) is 29.2 Å². The fraction of sp³-hybridized carbons (Fsp3) is 0.263. The molecule has 1 aliphatic carbocycles. The van der Waals surface area contributed by atoms with E-state index in [-0.39, 0.29) is 5.03 Å². The van der Waals surface area contributed by atoms with Crippen LogP contribution in [0.3, 0.4) is 0 Å². The van der Waals surface area contributed by atoms with Gasteiger partial charge in [0.1, 0.15) is 11.4 Å². The topological polar surface area (TPSA) is 89.8 Å². The van der Waals surface area contributed by atoms with Crippen molar-refractivity contribution in [2.75, 3.05) is 7.11 Å². The molecule has 2 aromatic heterocycles. The van der Waals surface area contributed by atoms with E-state index in [2.05, 4.69) is 25.6 Å². The number of nitrogens with zero attached hydrogens (tertiary/aromatic N) is 2. The van der Waals surface area contributed by atoms with Crippen LogP contribution in [-0.4, -0.2) is 30.8 Å². The lowest BCUT2D eigenvalue weighted by Crippen LogP contribution is -2.35. The van der Waals surface area contributed by atoms with E-state index in [0.29, 0.717) is 29.9 Å². The molecule has 1 amide bonds. The highest BCUT2D eigenvalue weighted by molar-refractivity contribution is 9.10. The van der Waals surface area contributed by atoms with Crippen LogP contribution >= 0.6 is 15.9 Å². The Morgan fingerprint density at radius 1 is 1.32 bits per heavy atom. The lowest BCUT2D eigenvalue weighted by molar-refractivity contribution is -0.120. The molecule has 9 heteroatoms. The van der Waals surface area contributed by atoms with Crippen LogP contribution in [-0.2, 0) is 21.2 Å². The number of amides is 1. The van der Waals surface area contributed by atoms with Gasteiger partial charge in [0.05, 0.1) is 18.7 Å². The summed E-state index contributed by atoms with van der Waals surface area (Å²) in [5, 5.41) is -0.0293. The Hall–Kier alpha value is -2.39. The largest absolute Gasteiger partial charge is 0.496 e. The summed E-state index contributed by atoms with van der Waals surface area (Å²) in [7, 11) is -2.53. The Morgan fingerprint density at radius 2 is 2.11 bits per heavy atom. The van der Waals surface area contributed by atoms with Gasteiger partial charge in [0, 0.05) is 16.2 Å². The number of rotatable bonds is 4. The van der Waals surface area contributed by atoms with Gasteiger partial charge in [-0.05, 0) is 49.6 Å². The van der Waals surface area contributed by atoms with Crippen LogP contribution in [0.2, 0.25) is 0 Å². The van der Waals surface area contributed by atoms with E-state index in [0.717, 1.165) is 15.6 Å². The molecule has 0 radical (unpaired) electrons. The van der Waals surface area contributed by atoms with E-state index >= 15 is 0 Å². The number of fused-ring (bicyclic) bond motifs is 2. The molecule has 4 rings (SSSR count). The standard InChI is InChI=1S/C19H18BrN3O4S/c1-11-10-23-16(21-11)4-3-5-17(23)28(25,26)22-19(24)13-7-6-12-14(20)8-9-15(27-2)18(12)13/h3-5,8-10,13H,6-7H2,1-2H3,(H,22,24). The minimum atomic E-state index is -4.07. The number of sulfonamides is 1. The number of ether oxygens (including phenoxy) is 1. The minimum absolute atomic E-state index is 0.0293. The van der Waals surface area contributed by atoms with E-state index in [9.17, 15) is 13.2 Å². The Morgan fingerprint density at radius 3 is 2.86 bits per heavy atom.